The molecular weight excluding hydrogens is 230 g/mol. The molecule has 1 atom stereocenters. The summed E-state index contributed by atoms with van der Waals surface area (Å²) in [5.41, 5.74) is 0.943. The van der Waals surface area contributed by atoms with Crippen LogP contribution in [0.25, 0.3) is 0 Å². The van der Waals surface area contributed by atoms with Crippen LogP contribution in [0.1, 0.15) is 25.3 Å². The minimum Gasteiger partial charge on any atom is -0.461 e. The largest absolute Gasteiger partial charge is 0.461 e. The van der Waals surface area contributed by atoms with Gasteiger partial charge in [0.05, 0.1) is 6.42 Å². The van der Waals surface area contributed by atoms with Crippen LogP contribution in [0.5, 0.6) is 0 Å². The Morgan fingerprint density at radius 2 is 1.94 bits per heavy atom. The maximum atomic E-state index is 11.6. The highest BCUT2D eigenvalue weighted by Crippen LogP contribution is 2.10. The van der Waals surface area contributed by atoms with Crippen molar-refractivity contribution in [2.75, 3.05) is 7.05 Å². The number of hydrogen-bond donors (Lipinski definition) is 1. The van der Waals surface area contributed by atoms with Gasteiger partial charge in [-0.1, -0.05) is 37.3 Å². The molecule has 0 unspecified atom stereocenters. The summed E-state index contributed by atoms with van der Waals surface area (Å²) in [5.74, 6) is -0.762. The van der Waals surface area contributed by atoms with Gasteiger partial charge in [-0.05, 0) is 12.0 Å². The summed E-state index contributed by atoms with van der Waals surface area (Å²) in [6, 6.07) is 9.47. The van der Waals surface area contributed by atoms with E-state index in [1.807, 2.05) is 37.3 Å². The summed E-state index contributed by atoms with van der Waals surface area (Å²) < 4.78 is 5.14. The normalized spacial score (nSPS) is 11.7. The molecular formula is C14H19NO3. The summed E-state index contributed by atoms with van der Waals surface area (Å²) in [4.78, 5) is 23.0. The van der Waals surface area contributed by atoms with E-state index < -0.39 is 0 Å². The molecule has 0 aliphatic rings. The molecule has 0 aliphatic heterocycles. The molecule has 0 saturated carbocycles. The van der Waals surface area contributed by atoms with Gasteiger partial charge in [-0.15, -0.1) is 0 Å². The van der Waals surface area contributed by atoms with E-state index in [9.17, 15) is 9.59 Å². The van der Waals surface area contributed by atoms with Crippen LogP contribution in [-0.4, -0.2) is 18.9 Å². The number of benzene rings is 1. The molecule has 1 amide bonds. The molecule has 18 heavy (non-hydrogen) atoms. The van der Waals surface area contributed by atoms with Gasteiger partial charge >= 0.3 is 5.97 Å². The molecule has 0 aliphatic carbocycles. The molecule has 1 rings (SSSR count). The Hall–Kier alpha value is -1.84. The van der Waals surface area contributed by atoms with Crippen molar-refractivity contribution in [2.24, 2.45) is 5.92 Å². The number of hydrogen-bond acceptors (Lipinski definition) is 3. The number of amides is 1. The maximum absolute atomic E-state index is 11.6. The minimum absolute atomic E-state index is 0.117. The second kappa shape index (κ2) is 7.48. The van der Waals surface area contributed by atoms with Crippen molar-refractivity contribution in [3.8, 4) is 0 Å². The van der Waals surface area contributed by atoms with Crippen molar-refractivity contribution in [1.29, 1.82) is 0 Å². The van der Waals surface area contributed by atoms with Crippen LogP contribution in [0.3, 0.4) is 0 Å². The fourth-order valence-corrected chi connectivity index (χ4v) is 1.62. The van der Waals surface area contributed by atoms with Crippen LogP contribution in [0.2, 0.25) is 0 Å². The van der Waals surface area contributed by atoms with Crippen LogP contribution in [0.4, 0.5) is 0 Å². The Morgan fingerprint density at radius 1 is 1.28 bits per heavy atom. The third kappa shape index (κ3) is 4.57. The Kier molecular flexibility index (Phi) is 5.91. The molecule has 4 nitrogen and oxygen atoms in total. The number of nitrogens with one attached hydrogen (secondary N) is 1. The van der Waals surface area contributed by atoms with E-state index >= 15 is 0 Å². The maximum Gasteiger partial charge on any atom is 0.306 e. The van der Waals surface area contributed by atoms with E-state index in [0.717, 1.165) is 5.56 Å². The van der Waals surface area contributed by atoms with Gasteiger partial charge in [-0.25, -0.2) is 0 Å². The molecule has 0 fully saturated rings. The molecule has 1 aromatic rings. The highest BCUT2D eigenvalue weighted by molar-refractivity contribution is 5.83. The van der Waals surface area contributed by atoms with Gasteiger partial charge in [-0.3, -0.25) is 9.59 Å². The number of esters is 1. The molecule has 4 heteroatoms. The Morgan fingerprint density at radius 3 is 2.50 bits per heavy atom. The van der Waals surface area contributed by atoms with Gasteiger partial charge in [0.2, 0.25) is 5.91 Å². The van der Waals surface area contributed by atoms with Crippen molar-refractivity contribution >= 4 is 11.9 Å². The summed E-state index contributed by atoms with van der Waals surface area (Å²) >= 11 is 0. The van der Waals surface area contributed by atoms with Gasteiger partial charge in [0.15, 0.2) is 0 Å². The minimum atomic E-state index is -0.339. The third-order valence-electron chi connectivity index (χ3n) is 2.77. The predicted octanol–water partition coefficient (Wildman–Crippen LogP) is 1.89. The molecule has 0 spiro atoms. The van der Waals surface area contributed by atoms with Gasteiger partial charge in [0.25, 0.3) is 0 Å². The van der Waals surface area contributed by atoms with Gasteiger partial charge in [-0.2, -0.15) is 0 Å². The molecule has 0 saturated heterocycles. The van der Waals surface area contributed by atoms with E-state index in [2.05, 4.69) is 5.32 Å². The lowest BCUT2D eigenvalue weighted by atomic mass is 10.0. The first kappa shape index (κ1) is 14.2. The molecule has 0 heterocycles. The Balaban J connectivity index is 2.39. The van der Waals surface area contributed by atoms with Crippen molar-refractivity contribution in [2.45, 2.75) is 26.4 Å². The summed E-state index contributed by atoms with van der Waals surface area (Å²) in [5, 5.41) is 2.55. The average Bonchev–Trinajstić information content (AvgIpc) is 2.42. The molecule has 1 N–H and O–H groups in total. The highest BCUT2D eigenvalue weighted by atomic mass is 16.5. The quantitative estimate of drug-likeness (QED) is 0.783. The fraction of sp³-hybridized carbons (Fsp3) is 0.429. The lowest BCUT2D eigenvalue weighted by molar-refractivity contribution is -0.148. The van der Waals surface area contributed by atoms with Crippen LogP contribution < -0.4 is 5.32 Å². The zero-order valence-corrected chi connectivity index (χ0v) is 10.8. The Bertz CT molecular complexity index is 389. The van der Waals surface area contributed by atoms with E-state index in [0.29, 0.717) is 6.42 Å². The summed E-state index contributed by atoms with van der Waals surface area (Å²) in [6.07, 6.45) is 0.753. The van der Waals surface area contributed by atoms with E-state index in [4.69, 9.17) is 4.74 Å². The first-order chi connectivity index (χ1) is 8.67. The SMILES string of the molecule is CC[C@@H](CC(=O)OCc1ccccc1)C(=O)NC. The fourth-order valence-electron chi connectivity index (χ4n) is 1.62. The third-order valence-corrected chi connectivity index (χ3v) is 2.77. The monoisotopic (exact) mass is 249 g/mol. The second-order valence-electron chi connectivity index (χ2n) is 4.07. The first-order valence-corrected chi connectivity index (χ1v) is 6.08. The second-order valence-corrected chi connectivity index (χ2v) is 4.07. The number of carbonyl (C=O) groups excluding carboxylic acids is 2. The van der Waals surface area contributed by atoms with Crippen LogP contribution in [0.15, 0.2) is 30.3 Å². The van der Waals surface area contributed by atoms with E-state index in [-0.39, 0.29) is 30.8 Å². The van der Waals surface area contributed by atoms with E-state index in [1.165, 1.54) is 0 Å². The molecule has 0 bridgehead atoms. The van der Waals surface area contributed by atoms with Crippen molar-refractivity contribution in [1.82, 2.24) is 5.32 Å². The van der Waals surface area contributed by atoms with E-state index in [1.54, 1.807) is 7.05 Å². The lowest BCUT2D eigenvalue weighted by Gasteiger charge is -2.12. The molecule has 98 valence electrons. The smallest absolute Gasteiger partial charge is 0.306 e. The number of ether oxygens (including phenoxy) is 1. The van der Waals surface area contributed by atoms with Crippen LogP contribution in [0, 0.1) is 5.92 Å². The van der Waals surface area contributed by atoms with Gasteiger partial charge in [0, 0.05) is 13.0 Å². The van der Waals surface area contributed by atoms with Crippen molar-refractivity contribution < 1.29 is 14.3 Å². The standard InChI is InChI=1S/C14H19NO3/c1-3-12(14(17)15-2)9-13(16)18-10-11-7-5-4-6-8-11/h4-8,12H,3,9-10H2,1-2H3,(H,15,17)/t12-/m0/s1. The predicted molar refractivity (Wildman–Crippen MR) is 68.7 cm³/mol. The first-order valence-electron chi connectivity index (χ1n) is 6.08. The topological polar surface area (TPSA) is 55.4 Å². The Labute approximate surface area is 107 Å². The zero-order valence-electron chi connectivity index (χ0n) is 10.8. The van der Waals surface area contributed by atoms with Crippen molar-refractivity contribution in [3.05, 3.63) is 35.9 Å². The highest BCUT2D eigenvalue weighted by Gasteiger charge is 2.19. The van der Waals surface area contributed by atoms with Crippen LogP contribution >= 0.6 is 0 Å². The van der Waals surface area contributed by atoms with Gasteiger partial charge < -0.3 is 10.1 Å². The summed E-state index contributed by atoms with van der Waals surface area (Å²) in [7, 11) is 1.57. The lowest BCUT2D eigenvalue weighted by Crippen LogP contribution is -2.29. The number of rotatable bonds is 6. The zero-order chi connectivity index (χ0) is 13.4. The van der Waals surface area contributed by atoms with Gasteiger partial charge in [0.1, 0.15) is 6.61 Å². The molecule has 0 radical (unpaired) electrons. The number of carbonyl (C=O) groups is 2. The van der Waals surface area contributed by atoms with Crippen molar-refractivity contribution in [3.63, 3.8) is 0 Å². The molecule has 0 aromatic heterocycles. The average molecular weight is 249 g/mol. The molecule has 1 aromatic carbocycles. The summed E-state index contributed by atoms with van der Waals surface area (Å²) in [6.45, 7) is 2.13. The van der Waals surface area contributed by atoms with Crippen LogP contribution in [-0.2, 0) is 20.9 Å².